The number of piperazine rings is 1. The van der Waals surface area contributed by atoms with E-state index in [9.17, 15) is 5.26 Å². The average Bonchev–Trinajstić information content (AvgIpc) is 2.93. The number of halogens is 1. The first-order chi connectivity index (χ1) is 14.2. The first-order valence-electron chi connectivity index (χ1n) is 9.84. The number of hydrogen-bond donors (Lipinski definition) is 0. The molecule has 1 aromatic heterocycles. The molecule has 5 nitrogen and oxygen atoms in total. The largest absolute Gasteiger partial charge is 0.490 e. The molecule has 6 heteroatoms. The number of anilines is 1. The van der Waals surface area contributed by atoms with Crippen LogP contribution in [0.25, 0.3) is 10.9 Å². The van der Waals surface area contributed by atoms with Gasteiger partial charge in [0.1, 0.15) is 18.4 Å². The predicted molar refractivity (Wildman–Crippen MR) is 117 cm³/mol. The first kappa shape index (κ1) is 18.4. The highest BCUT2D eigenvalue weighted by molar-refractivity contribution is 9.10. The lowest BCUT2D eigenvalue weighted by Crippen LogP contribution is -2.58. The summed E-state index contributed by atoms with van der Waals surface area (Å²) < 4.78 is 7.25. The van der Waals surface area contributed by atoms with Crippen LogP contribution in [0.5, 0.6) is 5.75 Å². The van der Waals surface area contributed by atoms with Crippen molar-refractivity contribution in [2.45, 2.75) is 25.6 Å². The highest BCUT2D eigenvalue weighted by Crippen LogP contribution is 2.36. The average molecular weight is 449 g/mol. The van der Waals surface area contributed by atoms with Crippen molar-refractivity contribution in [3.8, 4) is 11.8 Å². The summed E-state index contributed by atoms with van der Waals surface area (Å²) in [7, 11) is 0. The van der Waals surface area contributed by atoms with Crippen LogP contribution in [0.2, 0.25) is 0 Å². The molecule has 0 spiro atoms. The summed E-state index contributed by atoms with van der Waals surface area (Å²) in [6, 6.07) is 17.2. The molecule has 29 heavy (non-hydrogen) atoms. The summed E-state index contributed by atoms with van der Waals surface area (Å²) in [5.74, 6) is 0.966. The second kappa shape index (κ2) is 7.33. The Morgan fingerprint density at radius 1 is 1.17 bits per heavy atom. The molecule has 2 aliphatic heterocycles. The lowest BCUT2D eigenvalue weighted by molar-refractivity contribution is 0.0890. The summed E-state index contributed by atoms with van der Waals surface area (Å²) in [5, 5.41) is 10.5. The number of nitrogens with zero attached hydrogens (tertiary/aromatic N) is 4. The predicted octanol–water partition coefficient (Wildman–Crippen LogP) is 4.34. The Morgan fingerprint density at radius 2 is 2.07 bits per heavy atom. The van der Waals surface area contributed by atoms with Crippen LogP contribution in [0.1, 0.15) is 18.1 Å². The van der Waals surface area contributed by atoms with Crippen molar-refractivity contribution >= 4 is 32.5 Å². The van der Waals surface area contributed by atoms with Gasteiger partial charge in [-0.2, -0.15) is 5.26 Å². The maximum atomic E-state index is 9.44. The van der Waals surface area contributed by atoms with Gasteiger partial charge in [-0.15, -0.1) is 0 Å². The Hall–Kier alpha value is -2.62. The fraction of sp³-hybridized carbons (Fsp3) is 0.304. The molecule has 0 bridgehead atoms. The van der Waals surface area contributed by atoms with E-state index in [2.05, 4.69) is 68.0 Å². The Kier molecular flexibility index (Phi) is 4.65. The summed E-state index contributed by atoms with van der Waals surface area (Å²) in [6.07, 6.45) is 1.75. The van der Waals surface area contributed by atoms with Crippen LogP contribution < -0.4 is 9.64 Å². The number of nitriles is 1. The summed E-state index contributed by atoms with van der Waals surface area (Å²) in [4.78, 5) is 9.45. The number of hydrogen-bond acceptors (Lipinski definition) is 5. The van der Waals surface area contributed by atoms with Gasteiger partial charge in [0, 0.05) is 48.5 Å². The zero-order valence-electron chi connectivity index (χ0n) is 16.2. The van der Waals surface area contributed by atoms with E-state index < -0.39 is 0 Å². The second-order valence-electron chi connectivity index (χ2n) is 7.76. The van der Waals surface area contributed by atoms with Gasteiger partial charge in [0.05, 0.1) is 21.6 Å². The fourth-order valence-electron chi connectivity index (χ4n) is 4.59. The minimum atomic E-state index is 0.292. The molecule has 0 aliphatic carbocycles. The Bertz CT molecular complexity index is 1130. The number of para-hydroxylation sites is 1. The van der Waals surface area contributed by atoms with Gasteiger partial charge >= 0.3 is 0 Å². The molecule has 0 N–H and O–H groups in total. The smallest absolute Gasteiger partial charge is 0.138 e. The molecule has 0 unspecified atom stereocenters. The van der Waals surface area contributed by atoms with Crippen LogP contribution in [0.3, 0.4) is 0 Å². The van der Waals surface area contributed by atoms with Gasteiger partial charge < -0.3 is 9.64 Å². The molecular weight excluding hydrogens is 428 g/mol. The maximum absolute atomic E-state index is 9.44. The molecule has 0 saturated carbocycles. The van der Waals surface area contributed by atoms with Crippen LogP contribution in [0.4, 0.5) is 5.69 Å². The molecule has 0 radical (unpaired) electrons. The topological polar surface area (TPSA) is 52.4 Å². The van der Waals surface area contributed by atoms with Crippen molar-refractivity contribution in [1.82, 2.24) is 9.88 Å². The molecule has 1 saturated heterocycles. The second-order valence-corrected chi connectivity index (χ2v) is 8.62. The lowest BCUT2D eigenvalue weighted by atomic mass is 10.0. The van der Waals surface area contributed by atoms with Crippen LogP contribution in [-0.2, 0) is 6.54 Å². The van der Waals surface area contributed by atoms with Gasteiger partial charge in [0.2, 0.25) is 0 Å². The van der Waals surface area contributed by atoms with Crippen LogP contribution in [0.15, 0.2) is 53.1 Å². The maximum Gasteiger partial charge on any atom is 0.138 e. The lowest BCUT2D eigenvalue weighted by Gasteiger charge is -2.45. The van der Waals surface area contributed by atoms with Crippen molar-refractivity contribution in [3.63, 3.8) is 0 Å². The summed E-state index contributed by atoms with van der Waals surface area (Å²) in [5.41, 5.74) is 3.77. The van der Waals surface area contributed by atoms with E-state index in [0.29, 0.717) is 24.3 Å². The molecule has 2 aliphatic rings. The summed E-state index contributed by atoms with van der Waals surface area (Å²) in [6.45, 7) is 5.64. The van der Waals surface area contributed by atoms with Crippen molar-refractivity contribution in [3.05, 3.63) is 64.3 Å². The molecule has 0 amide bonds. The van der Waals surface area contributed by atoms with E-state index in [1.165, 1.54) is 5.56 Å². The first-order valence-corrected chi connectivity index (χ1v) is 10.6. The zero-order chi connectivity index (χ0) is 20.0. The monoisotopic (exact) mass is 448 g/mol. The van der Waals surface area contributed by atoms with Crippen LogP contribution >= 0.6 is 15.9 Å². The molecule has 3 aromatic rings. The van der Waals surface area contributed by atoms with Crippen LogP contribution in [-0.4, -0.2) is 41.7 Å². The number of aromatic nitrogens is 1. The highest BCUT2D eigenvalue weighted by atomic mass is 79.9. The van der Waals surface area contributed by atoms with Gasteiger partial charge in [-0.25, -0.2) is 0 Å². The SMILES string of the molecule is C[C@@H]1CN(c2ccc(C#N)c3ncccc23)C[C@@H]2COc3c(Br)cccc3CN21. The Morgan fingerprint density at radius 3 is 2.93 bits per heavy atom. The van der Waals surface area contributed by atoms with E-state index in [0.717, 1.165) is 46.4 Å². The van der Waals surface area contributed by atoms with E-state index in [1.807, 2.05) is 18.2 Å². The third kappa shape index (κ3) is 3.15. The summed E-state index contributed by atoms with van der Waals surface area (Å²) >= 11 is 3.63. The standard InChI is InChI=1S/C23H21BrN4O/c1-15-11-27(21-8-7-16(10-25)22-19(21)5-3-9-26-22)13-18-14-29-23-17(12-28(15)18)4-2-6-20(23)24/h2-9,15,18H,11-14H2,1H3/t15-,18-/m1/s1. The third-order valence-electron chi connectivity index (χ3n) is 5.98. The number of ether oxygens (including phenoxy) is 1. The molecule has 5 rings (SSSR count). The van der Waals surface area contributed by atoms with Gasteiger partial charge in [0.25, 0.3) is 0 Å². The van der Waals surface area contributed by atoms with Gasteiger partial charge in [0.15, 0.2) is 0 Å². The molecule has 146 valence electrons. The van der Waals surface area contributed by atoms with E-state index >= 15 is 0 Å². The number of benzene rings is 2. The molecular formula is C23H21BrN4O. The zero-order valence-corrected chi connectivity index (χ0v) is 17.8. The number of pyridine rings is 1. The fourth-order valence-corrected chi connectivity index (χ4v) is 5.11. The van der Waals surface area contributed by atoms with E-state index in [4.69, 9.17) is 4.74 Å². The third-order valence-corrected chi connectivity index (χ3v) is 6.60. The van der Waals surface area contributed by atoms with Gasteiger partial charge in [-0.1, -0.05) is 12.1 Å². The highest BCUT2D eigenvalue weighted by Gasteiger charge is 2.36. The number of rotatable bonds is 1. The van der Waals surface area contributed by atoms with Crippen molar-refractivity contribution in [2.75, 3.05) is 24.6 Å². The normalized spacial score (nSPS) is 21.6. The van der Waals surface area contributed by atoms with Gasteiger partial charge in [-0.3, -0.25) is 9.88 Å². The van der Waals surface area contributed by atoms with Crippen molar-refractivity contribution < 1.29 is 4.74 Å². The molecule has 2 atom stereocenters. The number of fused-ring (bicyclic) bond motifs is 3. The van der Waals surface area contributed by atoms with Crippen molar-refractivity contribution in [2.24, 2.45) is 0 Å². The van der Waals surface area contributed by atoms with Gasteiger partial charge in [-0.05, 0) is 53.2 Å². The molecule has 1 fully saturated rings. The molecule has 3 heterocycles. The van der Waals surface area contributed by atoms with Crippen molar-refractivity contribution in [1.29, 1.82) is 5.26 Å². The van der Waals surface area contributed by atoms with E-state index in [-0.39, 0.29) is 0 Å². The minimum Gasteiger partial charge on any atom is -0.490 e. The van der Waals surface area contributed by atoms with Crippen LogP contribution in [0, 0.1) is 11.3 Å². The quantitative estimate of drug-likeness (QED) is 0.553. The Balaban J connectivity index is 1.49. The Labute approximate surface area is 178 Å². The minimum absolute atomic E-state index is 0.292. The molecule has 2 aromatic carbocycles. The van der Waals surface area contributed by atoms with E-state index in [1.54, 1.807) is 6.20 Å².